The van der Waals surface area contributed by atoms with Gasteiger partial charge in [0.15, 0.2) is 0 Å². The quantitative estimate of drug-likeness (QED) is 0.827. The van der Waals surface area contributed by atoms with Crippen LogP contribution in [-0.2, 0) is 4.79 Å². The van der Waals surface area contributed by atoms with Crippen LogP contribution in [0.25, 0.3) is 0 Å². The molecule has 1 amide bonds. The summed E-state index contributed by atoms with van der Waals surface area (Å²) >= 11 is 0. The van der Waals surface area contributed by atoms with Gasteiger partial charge in [-0.3, -0.25) is 9.59 Å². The average Bonchev–Trinajstić information content (AvgIpc) is 2.34. The van der Waals surface area contributed by atoms with Gasteiger partial charge in [0.1, 0.15) is 5.75 Å². The Hall–Kier alpha value is -2.18. The molecule has 0 saturated heterocycles. The molecule has 1 aromatic carbocycles. The first-order valence-corrected chi connectivity index (χ1v) is 5.46. The van der Waals surface area contributed by atoms with E-state index in [0.29, 0.717) is 0 Å². The van der Waals surface area contributed by atoms with Crippen molar-refractivity contribution in [2.45, 2.75) is 13.5 Å². The number of alkyl halides is 2. The second kappa shape index (κ2) is 6.67. The van der Waals surface area contributed by atoms with Crippen molar-refractivity contribution in [1.29, 1.82) is 0 Å². The number of nitrogens with one attached hydrogen (secondary N) is 1. The molecule has 7 heteroatoms. The van der Waals surface area contributed by atoms with E-state index < -0.39 is 24.4 Å². The fourth-order valence-electron chi connectivity index (χ4n) is 1.25. The molecule has 0 aliphatic rings. The lowest BCUT2D eigenvalue weighted by Gasteiger charge is -2.09. The smallest absolute Gasteiger partial charge is 0.387 e. The fraction of sp³-hybridized carbons (Fsp3) is 0.333. The predicted octanol–water partition coefficient (Wildman–Crippen LogP) is 1.74. The van der Waals surface area contributed by atoms with Gasteiger partial charge in [-0.25, -0.2) is 0 Å². The normalized spacial score (nSPS) is 12.0. The Morgan fingerprint density at radius 2 is 2.11 bits per heavy atom. The van der Waals surface area contributed by atoms with Gasteiger partial charge < -0.3 is 15.2 Å². The molecule has 19 heavy (non-hydrogen) atoms. The van der Waals surface area contributed by atoms with E-state index in [-0.39, 0.29) is 17.9 Å². The third-order valence-corrected chi connectivity index (χ3v) is 2.31. The first-order chi connectivity index (χ1) is 8.90. The van der Waals surface area contributed by atoms with Gasteiger partial charge in [-0.2, -0.15) is 8.78 Å². The van der Waals surface area contributed by atoms with E-state index in [2.05, 4.69) is 10.1 Å². The van der Waals surface area contributed by atoms with E-state index in [0.717, 1.165) is 6.07 Å². The zero-order valence-electron chi connectivity index (χ0n) is 10.1. The van der Waals surface area contributed by atoms with Crippen molar-refractivity contribution in [2.24, 2.45) is 5.92 Å². The van der Waals surface area contributed by atoms with Gasteiger partial charge in [0.05, 0.1) is 5.92 Å². The summed E-state index contributed by atoms with van der Waals surface area (Å²) < 4.78 is 28.2. The highest BCUT2D eigenvalue weighted by Gasteiger charge is 2.14. The monoisotopic (exact) mass is 273 g/mol. The van der Waals surface area contributed by atoms with Crippen LogP contribution in [0.15, 0.2) is 24.3 Å². The molecule has 1 unspecified atom stereocenters. The molecule has 0 heterocycles. The topological polar surface area (TPSA) is 75.6 Å². The van der Waals surface area contributed by atoms with Crippen molar-refractivity contribution in [3.8, 4) is 5.75 Å². The summed E-state index contributed by atoms with van der Waals surface area (Å²) in [5, 5.41) is 11.1. The summed E-state index contributed by atoms with van der Waals surface area (Å²) in [4.78, 5) is 22.2. The lowest BCUT2D eigenvalue weighted by molar-refractivity contribution is -0.140. The molecule has 1 aromatic rings. The average molecular weight is 273 g/mol. The first-order valence-electron chi connectivity index (χ1n) is 5.46. The summed E-state index contributed by atoms with van der Waals surface area (Å²) in [7, 11) is 0. The van der Waals surface area contributed by atoms with Crippen LogP contribution in [0.2, 0.25) is 0 Å². The van der Waals surface area contributed by atoms with Crippen LogP contribution in [0.1, 0.15) is 17.3 Å². The van der Waals surface area contributed by atoms with Crippen LogP contribution in [0.4, 0.5) is 8.78 Å². The lowest BCUT2D eigenvalue weighted by Crippen LogP contribution is -2.31. The van der Waals surface area contributed by atoms with Gasteiger partial charge in [-0.05, 0) is 18.2 Å². The molecular weight excluding hydrogens is 260 g/mol. The molecule has 104 valence electrons. The van der Waals surface area contributed by atoms with Gasteiger partial charge in [0, 0.05) is 12.1 Å². The Morgan fingerprint density at radius 3 is 2.68 bits per heavy atom. The van der Waals surface area contributed by atoms with Crippen LogP contribution < -0.4 is 10.1 Å². The van der Waals surface area contributed by atoms with Crippen LogP contribution in [0.5, 0.6) is 5.75 Å². The van der Waals surface area contributed by atoms with Crippen molar-refractivity contribution in [2.75, 3.05) is 6.54 Å². The number of aliphatic carboxylic acids is 1. The van der Waals surface area contributed by atoms with Gasteiger partial charge >= 0.3 is 12.6 Å². The Balaban J connectivity index is 2.64. The summed E-state index contributed by atoms with van der Waals surface area (Å²) in [5.74, 6) is -2.44. The number of carbonyl (C=O) groups is 2. The third-order valence-electron chi connectivity index (χ3n) is 2.31. The van der Waals surface area contributed by atoms with Crippen molar-refractivity contribution < 1.29 is 28.2 Å². The highest BCUT2D eigenvalue weighted by atomic mass is 19.3. The minimum absolute atomic E-state index is 0.0475. The molecule has 0 aliphatic heterocycles. The summed E-state index contributed by atoms with van der Waals surface area (Å²) in [5.41, 5.74) is 0.121. The molecule has 2 N–H and O–H groups in total. The second-order valence-electron chi connectivity index (χ2n) is 3.86. The van der Waals surface area contributed by atoms with E-state index >= 15 is 0 Å². The highest BCUT2D eigenvalue weighted by Crippen LogP contribution is 2.15. The third kappa shape index (κ3) is 4.90. The molecule has 0 aromatic heterocycles. The Morgan fingerprint density at radius 1 is 1.42 bits per heavy atom. The number of carbonyl (C=O) groups excluding carboxylic acids is 1. The zero-order valence-corrected chi connectivity index (χ0v) is 10.1. The maximum atomic E-state index is 12.0. The standard InChI is InChI=1S/C12H13F2NO4/c1-7(11(17)18)6-15-10(16)8-3-2-4-9(5-8)19-12(13)14/h2-5,7,12H,6H2,1H3,(H,15,16)(H,17,18). The maximum absolute atomic E-state index is 12.0. The second-order valence-corrected chi connectivity index (χ2v) is 3.86. The number of hydrogen-bond donors (Lipinski definition) is 2. The molecule has 0 aliphatic carbocycles. The Kier molecular flexibility index (Phi) is 5.23. The first kappa shape index (κ1) is 14.9. The molecule has 1 atom stereocenters. The van der Waals surface area contributed by atoms with Gasteiger partial charge in [-0.1, -0.05) is 13.0 Å². The van der Waals surface area contributed by atoms with Crippen molar-refractivity contribution in [1.82, 2.24) is 5.32 Å². The van der Waals surface area contributed by atoms with Gasteiger partial charge in [-0.15, -0.1) is 0 Å². The number of amides is 1. The number of ether oxygens (including phenoxy) is 1. The number of carboxylic acid groups (broad SMARTS) is 1. The summed E-state index contributed by atoms with van der Waals surface area (Å²) in [6.07, 6.45) is 0. The summed E-state index contributed by atoms with van der Waals surface area (Å²) in [6, 6.07) is 5.27. The number of carboxylic acids is 1. The minimum atomic E-state index is -2.97. The van der Waals surface area contributed by atoms with E-state index in [4.69, 9.17) is 5.11 Å². The number of rotatable bonds is 6. The lowest BCUT2D eigenvalue weighted by atomic mass is 10.1. The van der Waals surface area contributed by atoms with E-state index in [1.165, 1.54) is 25.1 Å². The molecule has 0 spiro atoms. The van der Waals surface area contributed by atoms with Crippen molar-refractivity contribution >= 4 is 11.9 Å². The van der Waals surface area contributed by atoms with Gasteiger partial charge in [0.25, 0.3) is 5.91 Å². The molecule has 0 saturated carbocycles. The van der Waals surface area contributed by atoms with E-state index in [9.17, 15) is 18.4 Å². The van der Waals surface area contributed by atoms with E-state index in [1.54, 1.807) is 0 Å². The van der Waals surface area contributed by atoms with Crippen LogP contribution in [0, 0.1) is 5.92 Å². The number of hydrogen-bond acceptors (Lipinski definition) is 3. The van der Waals surface area contributed by atoms with Gasteiger partial charge in [0.2, 0.25) is 0 Å². The largest absolute Gasteiger partial charge is 0.481 e. The van der Waals surface area contributed by atoms with Crippen LogP contribution >= 0.6 is 0 Å². The van der Waals surface area contributed by atoms with Crippen molar-refractivity contribution in [3.05, 3.63) is 29.8 Å². The maximum Gasteiger partial charge on any atom is 0.387 e. The molecular formula is C12H13F2NO4. The number of benzene rings is 1. The SMILES string of the molecule is CC(CNC(=O)c1cccc(OC(F)F)c1)C(=O)O. The predicted molar refractivity (Wildman–Crippen MR) is 62.2 cm³/mol. The Bertz CT molecular complexity index is 465. The highest BCUT2D eigenvalue weighted by molar-refractivity contribution is 5.94. The molecule has 1 rings (SSSR count). The van der Waals surface area contributed by atoms with Crippen LogP contribution in [0.3, 0.4) is 0 Å². The van der Waals surface area contributed by atoms with Crippen LogP contribution in [-0.4, -0.2) is 30.1 Å². The molecule has 0 radical (unpaired) electrons. The summed E-state index contributed by atoms with van der Waals surface area (Å²) in [6.45, 7) is -1.57. The molecule has 5 nitrogen and oxygen atoms in total. The van der Waals surface area contributed by atoms with E-state index in [1.807, 2.05) is 0 Å². The Labute approximate surface area is 108 Å². The molecule has 0 fully saturated rings. The van der Waals surface area contributed by atoms with Crippen molar-refractivity contribution in [3.63, 3.8) is 0 Å². The number of halogens is 2. The fourth-order valence-corrected chi connectivity index (χ4v) is 1.25. The molecule has 0 bridgehead atoms. The zero-order chi connectivity index (χ0) is 14.4. The minimum Gasteiger partial charge on any atom is -0.481 e.